The van der Waals surface area contributed by atoms with Gasteiger partial charge >= 0.3 is 0 Å². The van der Waals surface area contributed by atoms with Crippen molar-refractivity contribution in [3.63, 3.8) is 0 Å². The fourth-order valence-corrected chi connectivity index (χ4v) is 2.01. The first-order chi connectivity index (χ1) is 8.03. The summed E-state index contributed by atoms with van der Waals surface area (Å²) in [5, 5.41) is 3.44. The Morgan fingerprint density at radius 1 is 1.24 bits per heavy atom. The van der Waals surface area contributed by atoms with E-state index in [0.29, 0.717) is 11.5 Å². The normalized spacial score (nSPS) is 13.5. The lowest BCUT2D eigenvalue weighted by atomic mass is 9.79. The second-order valence-corrected chi connectivity index (χ2v) is 5.24. The first-order valence-electron chi connectivity index (χ1n) is 6.33. The molecule has 1 unspecified atom stereocenters. The van der Waals surface area contributed by atoms with E-state index in [4.69, 9.17) is 4.74 Å². The summed E-state index contributed by atoms with van der Waals surface area (Å²) in [6.45, 7) is 6.88. The second kappa shape index (κ2) is 6.06. The van der Waals surface area contributed by atoms with Crippen LogP contribution in [0.15, 0.2) is 24.3 Å². The van der Waals surface area contributed by atoms with Gasteiger partial charge in [-0.15, -0.1) is 0 Å². The Morgan fingerprint density at radius 2 is 1.82 bits per heavy atom. The van der Waals surface area contributed by atoms with Crippen LogP contribution in [0.2, 0.25) is 0 Å². The highest BCUT2D eigenvalue weighted by Gasteiger charge is 2.26. The van der Waals surface area contributed by atoms with E-state index in [1.807, 2.05) is 19.2 Å². The minimum absolute atomic E-state index is 0.314. The zero-order chi connectivity index (χ0) is 12.9. The maximum atomic E-state index is 5.17. The SMILES string of the molecule is CCC(C)(C)C(Cc1ccc(OC)cc1)NC. The number of nitrogens with one attached hydrogen (secondary N) is 1. The van der Waals surface area contributed by atoms with Gasteiger partial charge in [0, 0.05) is 6.04 Å². The molecule has 0 fully saturated rings. The van der Waals surface area contributed by atoms with Gasteiger partial charge in [0.25, 0.3) is 0 Å². The van der Waals surface area contributed by atoms with Gasteiger partial charge in [0.2, 0.25) is 0 Å². The van der Waals surface area contributed by atoms with Crippen molar-refractivity contribution in [1.29, 1.82) is 0 Å². The molecule has 0 aromatic heterocycles. The van der Waals surface area contributed by atoms with Gasteiger partial charge in [0.05, 0.1) is 7.11 Å². The van der Waals surface area contributed by atoms with Crippen LogP contribution in [0.4, 0.5) is 0 Å². The number of hydrogen-bond acceptors (Lipinski definition) is 2. The highest BCUT2D eigenvalue weighted by molar-refractivity contribution is 5.27. The molecule has 0 aliphatic rings. The molecule has 0 heterocycles. The van der Waals surface area contributed by atoms with E-state index in [1.54, 1.807) is 7.11 Å². The van der Waals surface area contributed by atoms with E-state index in [2.05, 4.69) is 38.2 Å². The summed E-state index contributed by atoms with van der Waals surface area (Å²) in [6, 6.07) is 8.85. The average molecular weight is 235 g/mol. The molecule has 1 rings (SSSR count). The van der Waals surface area contributed by atoms with Crippen LogP contribution in [0, 0.1) is 5.41 Å². The zero-order valence-electron chi connectivity index (χ0n) is 11.7. The highest BCUT2D eigenvalue weighted by atomic mass is 16.5. The molecular formula is C15H25NO. The number of methoxy groups -OCH3 is 1. The van der Waals surface area contributed by atoms with Gasteiger partial charge in [-0.1, -0.05) is 32.9 Å². The lowest BCUT2D eigenvalue weighted by Gasteiger charge is -2.33. The molecule has 0 saturated heterocycles. The van der Waals surface area contributed by atoms with Gasteiger partial charge in [-0.05, 0) is 43.0 Å². The molecule has 1 aromatic rings. The summed E-state index contributed by atoms with van der Waals surface area (Å²) in [7, 11) is 3.75. The molecule has 2 heteroatoms. The van der Waals surface area contributed by atoms with Crippen LogP contribution in [0.5, 0.6) is 5.75 Å². The van der Waals surface area contributed by atoms with Crippen LogP contribution in [0.25, 0.3) is 0 Å². The van der Waals surface area contributed by atoms with Crippen molar-refractivity contribution >= 4 is 0 Å². The Morgan fingerprint density at radius 3 is 2.24 bits per heavy atom. The predicted octanol–water partition coefficient (Wildman–Crippen LogP) is 3.26. The lowest BCUT2D eigenvalue weighted by Crippen LogP contribution is -2.41. The molecule has 17 heavy (non-hydrogen) atoms. The molecule has 0 aliphatic heterocycles. The molecule has 0 bridgehead atoms. The number of rotatable bonds is 6. The Kier molecular flexibility index (Phi) is 5.01. The molecule has 1 atom stereocenters. The van der Waals surface area contributed by atoms with Gasteiger partial charge in [-0.3, -0.25) is 0 Å². The molecule has 2 nitrogen and oxygen atoms in total. The topological polar surface area (TPSA) is 21.3 Å². The maximum absolute atomic E-state index is 5.17. The van der Waals surface area contributed by atoms with Crippen molar-refractivity contribution in [2.24, 2.45) is 5.41 Å². The van der Waals surface area contributed by atoms with Gasteiger partial charge in [-0.25, -0.2) is 0 Å². The number of ether oxygens (including phenoxy) is 1. The van der Waals surface area contributed by atoms with Crippen molar-refractivity contribution in [2.45, 2.75) is 39.7 Å². The van der Waals surface area contributed by atoms with Crippen LogP contribution >= 0.6 is 0 Å². The van der Waals surface area contributed by atoms with E-state index in [9.17, 15) is 0 Å². The number of hydrogen-bond donors (Lipinski definition) is 1. The summed E-state index contributed by atoms with van der Waals surface area (Å²) in [5.41, 5.74) is 1.67. The molecule has 0 radical (unpaired) electrons. The summed E-state index contributed by atoms with van der Waals surface area (Å²) >= 11 is 0. The third-order valence-corrected chi connectivity index (χ3v) is 3.80. The third kappa shape index (κ3) is 3.74. The van der Waals surface area contributed by atoms with Crippen LogP contribution in [0.3, 0.4) is 0 Å². The van der Waals surface area contributed by atoms with Crippen molar-refractivity contribution < 1.29 is 4.74 Å². The standard InChI is InChI=1S/C15H25NO/c1-6-15(2,3)14(16-4)11-12-7-9-13(17-5)10-8-12/h7-10,14,16H,6,11H2,1-5H3. The highest BCUT2D eigenvalue weighted by Crippen LogP contribution is 2.27. The van der Waals surface area contributed by atoms with Crippen LogP contribution < -0.4 is 10.1 Å². The van der Waals surface area contributed by atoms with Crippen molar-refractivity contribution in [2.75, 3.05) is 14.2 Å². The number of likely N-dealkylation sites (N-methyl/N-ethyl adjacent to an activating group) is 1. The van der Waals surface area contributed by atoms with Crippen LogP contribution in [-0.4, -0.2) is 20.2 Å². The van der Waals surface area contributed by atoms with E-state index in [1.165, 1.54) is 12.0 Å². The fourth-order valence-electron chi connectivity index (χ4n) is 2.01. The Balaban J connectivity index is 2.73. The number of benzene rings is 1. The molecule has 0 spiro atoms. The van der Waals surface area contributed by atoms with E-state index in [-0.39, 0.29) is 0 Å². The monoisotopic (exact) mass is 235 g/mol. The Hall–Kier alpha value is -1.02. The van der Waals surface area contributed by atoms with Gasteiger partial charge in [-0.2, -0.15) is 0 Å². The van der Waals surface area contributed by atoms with Crippen LogP contribution in [0.1, 0.15) is 32.8 Å². The molecule has 0 saturated carbocycles. The van der Waals surface area contributed by atoms with Crippen molar-refractivity contribution in [3.8, 4) is 5.75 Å². The van der Waals surface area contributed by atoms with Crippen molar-refractivity contribution in [3.05, 3.63) is 29.8 Å². The molecule has 1 aromatic carbocycles. The second-order valence-electron chi connectivity index (χ2n) is 5.24. The smallest absolute Gasteiger partial charge is 0.118 e. The first kappa shape index (κ1) is 14.0. The Labute approximate surface area is 105 Å². The summed E-state index contributed by atoms with van der Waals surface area (Å²) < 4.78 is 5.17. The summed E-state index contributed by atoms with van der Waals surface area (Å²) in [4.78, 5) is 0. The Bertz CT molecular complexity index is 329. The quantitative estimate of drug-likeness (QED) is 0.817. The van der Waals surface area contributed by atoms with Gasteiger partial charge in [0.15, 0.2) is 0 Å². The fraction of sp³-hybridized carbons (Fsp3) is 0.600. The summed E-state index contributed by atoms with van der Waals surface area (Å²) in [5.74, 6) is 0.921. The minimum Gasteiger partial charge on any atom is -0.497 e. The zero-order valence-corrected chi connectivity index (χ0v) is 11.7. The largest absolute Gasteiger partial charge is 0.497 e. The van der Waals surface area contributed by atoms with E-state index < -0.39 is 0 Å². The van der Waals surface area contributed by atoms with Gasteiger partial charge in [0.1, 0.15) is 5.75 Å². The summed E-state index contributed by atoms with van der Waals surface area (Å²) in [6.07, 6.45) is 2.23. The molecule has 0 amide bonds. The van der Waals surface area contributed by atoms with Crippen molar-refractivity contribution in [1.82, 2.24) is 5.32 Å². The maximum Gasteiger partial charge on any atom is 0.118 e. The third-order valence-electron chi connectivity index (χ3n) is 3.80. The van der Waals surface area contributed by atoms with E-state index >= 15 is 0 Å². The predicted molar refractivity (Wildman–Crippen MR) is 73.6 cm³/mol. The molecule has 0 aliphatic carbocycles. The lowest BCUT2D eigenvalue weighted by molar-refractivity contribution is 0.240. The first-order valence-corrected chi connectivity index (χ1v) is 6.33. The molecule has 96 valence electrons. The van der Waals surface area contributed by atoms with Crippen LogP contribution in [-0.2, 0) is 6.42 Å². The average Bonchev–Trinajstić information content (AvgIpc) is 2.36. The van der Waals surface area contributed by atoms with E-state index in [0.717, 1.165) is 12.2 Å². The molecular weight excluding hydrogens is 210 g/mol. The van der Waals surface area contributed by atoms with Gasteiger partial charge < -0.3 is 10.1 Å². The minimum atomic E-state index is 0.314. The molecule has 1 N–H and O–H groups in total.